The number of fused-ring (bicyclic) bond motifs is 1. The minimum atomic E-state index is -0.00712. The van der Waals surface area contributed by atoms with Gasteiger partial charge in [-0.15, -0.1) is 10.2 Å². The van der Waals surface area contributed by atoms with E-state index < -0.39 is 0 Å². The summed E-state index contributed by atoms with van der Waals surface area (Å²) >= 11 is 1.57. The molecule has 0 amide bonds. The second-order valence-corrected chi connectivity index (χ2v) is 5.24. The Balaban J connectivity index is 1.87. The monoisotopic (exact) mass is 262 g/mol. The predicted molar refractivity (Wildman–Crippen MR) is 70.1 cm³/mol. The van der Waals surface area contributed by atoms with Crippen molar-refractivity contribution in [2.45, 2.75) is 30.3 Å². The summed E-state index contributed by atoms with van der Waals surface area (Å²) in [4.78, 5) is 0. The fourth-order valence-corrected chi connectivity index (χ4v) is 3.03. The third-order valence-electron chi connectivity index (χ3n) is 2.86. The van der Waals surface area contributed by atoms with Crippen molar-refractivity contribution in [1.29, 1.82) is 0 Å². The van der Waals surface area contributed by atoms with Crippen LogP contribution in [0.5, 0.6) is 5.75 Å². The van der Waals surface area contributed by atoms with Gasteiger partial charge in [0, 0.05) is 12.0 Å². The van der Waals surface area contributed by atoms with Crippen molar-refractivity contribution in [2.75, 3.05) is 5.43 Å². The standard InChI is InChI=1S/C12H14N4OS/c1-2-5-10-13-14-12-16(10)15-11(18-12)8-6-3-4-7-9(8)17/h3-4,6-7,11,15,17H,2,5H2,1H3. The van der Waals surface area contributed by atoms with E-state index in [1.54, 1.807) is 17.8 Å². The zero-order valence-electron chi connectivity index (χ0n) is 10.00. The van der Waals surface area contributed by atoms with Crippen LogP contribution in [0.3, 0.4) is 0 Å². The lowest BCUT2D eigenvalue weighted by atomic mass is 10.2. The van der Waals surface area contributed by atoms with Crippen molar-refractivity contribution in [1.82, 2.24) is 14.9 Å². The summed E-state index contributed by atoms with van der Waals surface area (Å²) in [6, 6.07) is 7.36. The molecule has 0 radical (unpaired) electrons. The summed E-state index contributed by atoms with van der Waals surface area (Å²) in [6.45, 7) is 2.12. The second-order valence-electron chi connectivity index (χ2n) is 4.17. The molecule has 1 aliphatic heterocycles. The van der Waals surface area contributed by atoms with E-state index in [0.717, 1.165) is 29.4 Å². The first-order valence-corrected chi connectivity index (χ1v) is 6.83. The summed E-state index contributed by atoms with van der Waals surface area (Å²) in [5, 5.41) is 19.0. The molecule has 2 N–H and O–H groups in total. The molecular formula is C12H14N4OS. The molecule has 1 atom stereocenters. The highest BCUT2D eigenvalue weighted by Crippen LogP contribution is 2.41. The van der Waals surface area contributed by atoms with Crippen molar-refractivity contribution >= 4 is 11.8 Å². The average molecular weight is 262 g/mol. The number of hydrogen-bond acceptors (Lipinski definition) is 5. The molecule has 2 aromatic rings. The molecular weight excluding hydrogens is 248 g/mol. The van der Waals surface area contributed by atoms with E-state index in [-0.39, 0.29) is 5.37 Å². The van der Waals surface area contributed by atoms with Crippen molar-refractivity contribution in [3.63, 3.8) is 0 Å². The number of hydrogen-bond donors (Lipinski definition) is 2. The van der Waals surface area contributed by atoms with Crippen LogP contribution in [0.4, 0.5) is 0 Å². The number of nitrogens with zero attached hydrogens (tertiary/aromatic N) is 3. The van der Waals surface area contributed by atoms with Crippen LogP contribution >= 0.6 is 11.8 Å². The lowest BCUT2D eigenvalue weighted by molar-refractivity contribution is 0.468. The van der Waals surface area contributed by atoms with Crippen LogP contribution in [-0.4, -0.2) is 20.0 Å². The molecule has 6 heteroatoms. The number of benzene rings is 1. The van der Waals surface area contributed by atoms with Crippen LogP contribution in [-0.2, 0) is 6.42 Å². The Morgan fingerprint density at radius 2 is 2.22 bits per heavy atom. The van der Waals surface area contributed by atoms with Crippen molar-refractivity contribution in [3.8, 4) is 5.75 Å². The zero-order chi connectivity index (χ0) is 12.5. The molecule has 1 unspecified atom stereocenters. The van der Waals surface area contributed by atoms with Gasteiger partial charge in [-0.3, -0.25) is 0 Å². The Labute approximate surface area is 109 Å². The topological polar surface area (TPSA) is 63.0 Å². The molecule has 94 valence electrons. The highest BCUT2D eigenvalue weighted by Gasteiger charge is 2.28. The third kappa shape index (κ3) is 1.82. The number of aryl methyl sites for hydroxylation is 1. The average Bonchev–Trinajstić information content (AvgIpc) is 2.92. The van der Waals surface area contributed by atoms with Gasteiger partial charge < -0.3 is 10.5 Å². The van der Waals surface area contributed by atoms with Gasteiger partial charge in [-0.1, -0.05) is 36.9 Å². The Morgan fingerprint density at radius 3 is 3.00 bits per heavy atom. The summed E-state index contributed by atoms with van der Waals surface area (Å²) in [5.74, 6) is 1.25. The van der Waals surface area contributed by atoms with Crippen LogP contribution in [0.2, 0.25) is 0 Å². The summed E-state index contributed by atoms with van der Waals surface area (Å²) < 4.78 is 1.92. The lowest BCUT2D eigenvalue weighted by Crippen LogP contribution is -2.15. The molecule has 18 heavy (non-hydrogen) atoms. The van der Waals surface area contributed by atoms with Crippen molar-refractivity contribution < 1.29 is 5.11 Å². The van der Waals surface area contributed by atoms with Gasteiger partial charge in [-0.2, -0.15) is 0 Å². The number of phenolic OH excluding ortho intramolecular Hbond substituents is 1. The zero-order valence-corrected chi connectivity index (χ0v) is 10.8. The maximum absolute atomic E-state index is 9.86. The van der Waals surface area contributed by atoms with Gasteiger partial charge in [0.25, 0.3) is 0 Å². The third-order valence-corrected chi connectivity index (χ3v) is 3.93. The first-order valence-electron chi connectivity index (χ1n) is 5.95. The van der Waals surface area contributed by atoms with Gasteiger partial charge in [0.2, 0.25) is 5.16 Å². The molecule has 1 aromatic carbocycles. The van der Waals surface area contributed by atoms with Crippen molar-refractivity contribution in [2.24, 2.45) is 0 Å². The van der Waals surface area contributed by atoms with Crippen LogP contribution in [0.15, 0.2) is 29.4 Å². The molecule has 3 rings (SSSR count). The van der Waals surface area contributed by atoms with Crippen LogP contribution in [0.1, 0.15) is 30.1 Å². The molecule has 0 saturated carbocycles. The summed E-state index contributed by atoms with van der Waals surface area (Å²) in [5.41, 5.74) is 4.19. The predicted octanol–water partition coefficient (Wildman–Crippen LogP) is 2.28. The number of aromatic nitrogens is 3. The molecule has 0 bridgehead atoms. The maximum atomic E-state index is 9.86. The van der Waals surface area contributed by atoms with Crippen LogP contribution in [0, 0.1) is 0 Å². The Morgan fingerprint density at radius 1 is 1.39 bits per heavy atom. The first-order chi connectivity index (χ1) is 8.79. The number of aromatic hydroxyl groups is 1. The van der Waals surface area contributed by atoms with Gasteiger partial charge >= 0.3 is 0 Å². The molecule has 0 aliphatic carbocycles. The number of thioether (sulfide) groups is 1. The minimum absolute atomic E-state index is 0.00712. The SMILES string of the molecule is CCCc1nnc2n1NC(c1ccccc1O)S2. The lowest BCUT2D eigenvalue weighted by Gasteiger charge is -2.13. The minimum Gasteiger partial charge on any atom is -0.508 e. The Bertz CT molecular complexity index is 569. The fraction of sp³-hybridized carbons (Fsp3) is 0.333. The van der Waals surface area contributed by atoms with Gasteiger partial charge in [0.1, 0.15) is 11.1 Å². The Kier molecular flexibility index (Phi) is 2.87. The molecule has 2 heterocycles. The van der Waals surface area contributed by atoms with Gasteiger partial charge in [-0.05, 0) is 12.5 Å². The van der Waals surface area contributed by atoms with Gasteiger partial charge in [-0.25, -0.2) is 4.68 Å². The highest BCUT2D eigenvalue weighted by atomic mass is 32.2. The molecule has 1 aromatic heterocycles. The first kappa shape index (κ1) is 11.4. The smallest absolute Gasteiger partial charge is 0.212 e. The van der Waals surface area contributed by atoms with Crippen LogP contribution in [0.25, 0.3) is 0 Å². The summed E-state index contributed by atoms with van der Waals surface area (Å²) in [6.07, 6.45) is 1.93. The van der Waals surface area contributed by atoms with Gasteiger partial charge in [0.05, 0.1) is 0 Å². The van der Waals surface area contributed by atoms with E-state index in [4.69, 9.17) is 0 Å². The second kappa shape index (κ2) is 4.53. The van der Waals surface area contributed by atoms with Gasteiger partial charge in [0.15, 0.2) is 5.82 Å². The number of phenols is 1. The number of para-hydroxylation sites is 1. The number of nitrogens with one attached hydrogen (secondary N) is 1. The van der Waals surface area contributed by atoms with E-state index in [2.05, 4.69) is 22.5 Å². The fourth-order valence-electron chi connectivity index (χ4n) is 1.98. The molecule has 0 saturated heterocycles. The molecule has 1 aliphatic rings. The number of rotatable bonds is 3. The van der Waals surface area contributed by atoms with Crippen molar-refractivity contribution in [3.05, 3.63) is 35.7 Å². The van der Waals surface area contributed by atoms with E-state index in [1.165, 1.54) is 0 Å². The quantitative estimate of drug-likeness (QED) is 0.888. The normalized spacial score (nSPS) is 17.5. The molecule has 5 nitrogen and oxygen atoms in total. The summed E-state index contributed by atoms with van der Waals surface area (Å²) in [7, 11) is 0. The highest BCUT2D eigenvalue weighted by molar-refractivity contribution is 7.99. The van der Waals surface area contributed by atoms with Crippen LogP contribution < -0.4 is 5.43 Å². The molecule has 0 spiro atoms. The van der Waals surface area contributed by atoms with E-state index >= 15 is 0 Å². The Hall–Kier alpha value is -1.69. The maximum Gasteiger partial charge on any atom is 0.212 e. The molecule has 0 fully saturated rings. The van der Waals surface area contributed by atoms with E-state index in [0.29, 0.717) is 5.75 Å². The van der Waals surface area contributed by atoms with E-state index in [1.807, 2.05) is 22.9 Å². The largest absolute Gasteiger partial charge is 0.508 e. The van der Waals surface area contributed by atoms with E-state index in [9.17, 15) is 5.11 Å².